The summed E-state index contributed by atoms with van der Waals surface area (Å²) >= 11 is 6.07. The summed E-state index contributed by atoms with van der Waals surface area (Å²) in [4.78, 5) is 26.3. The number of nitrogens with one attached hydrogen (secondary N) is 1. The van der Waals surface area contributed by atoms with Crippen LogP contribution in [0.15, 0.2) is 42.5 Å². The molecule has 0 atom stereocenters. The predicted octanol–water partition coefficient (Wildman–Crippen LogP) is 3.52. The molecule has 0 saturated heterocycles. The zero-order valence-corrected chi connectivity index (χ0v) is 14.7. The molecule has 1 N–H and O–H groups in total. The van der Waals surface area contributed by atoms with E-state index in [1.165, 1.54) is 0 Å². The first-order chi connectivity index (χ1) is 12.1. The van der Waals surface area contributed by atoms with Gasteiger partial charge in [0.1, 0.15) is 0 Å². The van der Waals surface area contributed by atoms with Crippen LogP contribution in [-0.2, 0) is 16.0 Å². The van der Waals surface area contributed by atoms with Crippen molar-refractivity contribution in [1.29, 1.82) is 0 Å². The topological polar surface area (TPSA) is 58.6 Å². The largest absolute Gasteiger partial charge is 0.383 e. The maximum Gasteiger partial charge on any atom is 0.257 e. The average molecular weight is 359 g/mol. The summed E-state index contributed by atoms with van der Waals surface area (Å²) < 4.78 is 5.08. The normalized spacial score (nSPS) is 13.5. The Hall–Kier alpha value is -2.37. The van der Waals surface area contributed by atoms with Crippen molar-refractivity contribution in [2.75, 3.05) is 30.5 Å². The monoisotopic (exact) mass is 358 g/mol. The van der Waals surface area contributed by atoms with Crippen LogP contribution >= 0.6 is 11.6 Å². The molecule has 3 rings (SSSR count). The molecule has 130 valence electrons. The van der Waals surface area contributed by atoms with Gasteiger partial charge in [-0.2, -0.15) is 0 Å². The van der Waals surface area contributed by atoms with E-state index in [0.717, 1.165) is 11.3 Å². The molecule has 1 heterocycles. The van der Waals surface area contributed by atoms with Gasteiger partial charge >= 0.3 is 0 Å². The fraction of sp³-hybridized carbons (Fsp3) is 0.263. The molecule has 1 aliphatic rings. The minimum absolute atomic E-state index is 0.0948. The van der Waals surface area contributed by atoms with Crippen molar-refractivity contribution < 1.29 is 14.3 Å². The number of methoxy groups -OCH3 is 1. The molecule has 5 nitrogen and oxygen atoms in total. The summed E-state index contributed by atoms with van der Waals surface area (Å²) in [6.07, 6.45) is 1.12. The van der Waals surface area contributed by atoms with Crippen molar-refractivity contribution >= 4 is 34.8 Å². The Balaban J connectivity index is 1.80. The molecule has 0 fully saturated rings. The van der Waals surface area contributed by atoms with Crippen molar-refractivity contribution in [3.63, 3.8) is 0 Å². The molecule has 6 heteroatoms. The van der Waals surface area contributed by atoms with E-state index in [1.807, 2.05) is 12.1 Å². The maximum absolute atomic E-state index is 12.4. The number of halogens is 1. The lowest BCUT2D eigenvalue weighted by Crippen LogP contribution is -2.37. The van der Waals surface area contributed by atoms with Gasteiger partial charge in [0.25, 0.3) is 5.91 Å². The molecule has 0 bridgehead atoms. The second kappa shape index (κ2) is 7.68. The molecule has 0 saturated carbocycles. The van der Waals surface area contributed by atoms with Crippen molar-refractivity contribution in [2.45, 2.75) is 12.8 Å². The van der Waals surface area contributed by atoms with Crippen LogP contribution in [0.2, 0.25) is 5.02 Å². The number of hydrogen-bond donors (Lipinski definition) is 1. The van der Waals surface area contributed by atoms with Gasteiger partial charge in [-0.15, -0.1) is 0 Å². The molecule has 0 unspecified atom stereocenters. The third-order valence-electron chi connectivity index (χ3n) is 4.17. The van der Waals surface area contributed by atoms with Crippen LogP contribution in [0.5, 0.6) is 0 Å². The summed E-state index contributed by atoms with van der Waals surface area (Å²) in [5.41, 5.74) is 3.03. The van der Waals surface area contributed by atoms with E-state index in [0.29, 0.717) is 42.3 Å². The molecular formula is C19H19ClN2O3. The van der Waals surface area contributed by atoms with Gasteiger partial charge in [-0.25, -0.2) is 0 Å². The SMILES string of the molecule is COCCN1C(=O)CCc2cc(NC(=O)c3ccccc3Cl)ccc21. The highest BCUT2D eigenvalue weighted by Gasteiger charge is 2.24. The third kappa shape index (κ3) is 3.83. The van der Waals surface area contributed by atoms with Crippen molar-refractivity contribution in [3.8, 4) is 0 Å². The Morgan fingerprint density at radius 1 is 1.24 bits per heavy atom. The molecule has 25 heavy (non-hydrogen) atoms. The number of aryl methyl sites for hydroxylation is 1. The van der Waals surface area contributed by atoms with Crippen LogP contribution in [0.25, 0.3) is 0 Å². The van der Waals surface area contributed by atoms with Crippen LogP contribution in [0.4, 0.5) is 11.4 Å². The first-order valence-corrected chi connectivity index (χ1v) is 8.46. The number of hydrogen-bond acceptors (Lipinski definition) is 3. The third-order valence-corrected chi connectivity index (χ3v) is 4.50. The number of anilines is 2. The molecular weight excluding hydrogens is 340 g/mol. The highest BCUT2D eigenvalue weighted by atomic mass is 35.5. The van der Waals surface area contributed by atoms with E-state index in [1.54, 1.807) is 42.3 Å². The molecule has 0 radical (unpaired) electrons. The number of carbonyl (C=O) groups is 2. The highest BCUT2D eigenvalue weighted by molar-refractivity contribution is 6.34. The van der Waals surface area contributed by atoms with Crippen LogP contribution in [0, 0.1) is 0 Å². The Kier molecular flexibility index (Phi) is 5.36. The fourth-order valence-electron chi connectivity index (χ4n) is 2.91. The average Bonchev–Trinajstić information content (AvgIpc) is 2.61. The summed E-state index contributed by atoms with van der Waals surface area (Å²) in [7, 11) is 1.61. The molecule has 1 aliphatic heterocycles. The van der Waals surface area contributed by atoms with E-state index in [4.69, 9.17) is 16.3 Å². The van der Waals surface area contributed by atoms with E-state index in [2.05, 4.69) is 5.32 Å². The zero-order chi connectivity index (χ0) is 17.8. The number of ether oxygens (including phenoxy) is 1. The highest BCUT2D eigenvalue weighted by Crippen LogP contribution is 2.30. The van der Waals surface area contributed by atoms with Crippen molar-refractivity contribution in [1.82, 2.24) is 0 Å². The lowest BCUT2D eigenvalue weighted by molar-refractivity contribution is -0.119. The quantitative estimate of drug-likeness (QED) is 0.889. The number of benzene rings is 2. The Morgan fingerprint density at radius 2 is 2.04 bits per heavy atom. The standard InChI is InChI=1S/C19H19ClN2O3/c1-25-11-10-22-17-8-7-14(12-13(17)6-9-18(22)23)21-19(24)15-4-2-3-5-16(15)20/h2-5,7-8,12H,6,9-11H2,1H3,(H,21,24). The summed E-state index contributed by atoms with van der Waals surface area (Å²) in [5, 5.41) is 3.28. The van der Waals surface area contributed by atoms with E-state index in [-0.39, 0.29) is 11.8 Å². The second-order valence-corrected chi connectivity index (χ2v) is 6.22. The van der Waals surface area contributed by atoms with Gasteiger partial charge in [0.2, 0.25) is 5.91 Å². The first kappa shape index (κ1) is 17.5. The Morgan fingerprint density at radius 3 is 2.80 bits per heavy atom. The predicted molar refractivity (Wildman–Crippen MR) is 98.4 cm³/mol. The number of amides is 2. The minimum atomic E-state index is -0.256. The van der Waals surface area contributed by atoms with E-state index in [9.17, 15) is 9.59 Å². The van der Waals surface area contributed by atoms with Crippen LogP contribution in [0.1, 0.15) is 22.3 Å². The van der Waals surface area contributed by atoms with Crippen molar-refractivity contribution in [2.24, 2.45) is 0 Å². The minimum Gasteiger partial charge on any atom is -0.383 e. The van der Waals surface area contributed by atoms with Gasteiger partial charge < -0.3 is 15.0 Å². The smallest absolute Gasteiger partial charge is 0.257 e. The molecule has 2 aromatic rings. The Bertz CT molecular complexity index is 807. The van der Waals surface area contributed by atoms with Crippen LogP contribution < -0.4 is 10.2 Å². The number of rotatable bonds is 5. The maximum atomic E-state index is 12.4. The van der Waals surface area contributed by atoms with Crippen molar-refractivity contribution in [3.05, 3.63) is 58.6 Å². The molecule has 2 amide bonds. The summed E-state index contributed by atoms with van der Waals surface area (Å²) in [6.45, 7) is 1.00. The second-order valence-electron chi connectivity index (χ2n) is 5.82. The van der Waals surface area contributed by atoms with Gasteiger partial charge in [-0.3, -0.25) is 9.59 Å². The lowest BCUT2D eigenvalue weighted by Gasteiger charge is -2.29. The molecule has 2 aromatic carbocycles. The molecule has 0 aromatic heterocycles. The van der Waals surface area contributed by atoms with Crippen LogP contribution in [-0.4, -0.2) is 32.1 Å². The van der Waals surface area contributed by atoms with Crippen LogP contribution in [0.3, 0.4) is 0 Å². The zero-order valence-electron chi connectivity index (χ0n) is 13.9. The number of nitrogens with zero attached hydrogens (tertiary/aromatic N) is 1. The number of fused-ring (bicyclic) bond motifs is 1. The Labute approximate surface area is 151 Å². The van der Waals surface area contributed by atoms with E-state index < -0.39 is 0 Å². The number of carbonyl (C=O) groups excluding carboxylic acids is 2. The van der Waals surface area contributed by atoms with Gasteiger partial charge in [0.05, 0.1) is 17.2 Å². The summed E-state index contributed by atoms with van der Waals surface area (Å²) in [5.74, 6) is -0.161. The first-order valence-electron chi connectivity index (χ1n) is 8.08. The van der Waals surface area contributed by atoms with Gasteiger partial charge in [0.15, 0.2) is 0 Å². The van der Waals surface area contributed by atoms with E-state index >= 15 is 0 Å². The lowest BCUT2D eigenvalue weighted by atomic mass is 10.0. The van der Waals surface area contributed by atoms with Gasteiger partial charge in [-0.05, 0) is 42.3 Å². The van der Waals surface area contributed by atoms with Gasteiger partial charge in [0, 0.05) is 31.5 Å². The fourth-order valence-corrected chi connectivity index (χ4v) is 3.13. The summed E-state index contributed by atoms with van der Waals surface area (Å²) in [6, 6.07) is 12.5. The van der Waals surface area contributed by atoms with Gasteiger partial charge in [-0.1, -0.05) is 23.7 Å². The molecule has 0 spiro atoms. The molecule has 0 aliphatic carbocycles.